The van der Waals surface area contributed by atoms with Crippen LogP contribution in [0.3, 0.4) is 0 Å². The van der Waals surface area contributed by atoms with Crippen molar-refractivity contribution in [3.05, 3.63) is 0 Å². The van der Waals surface area contributed by atoms with Crippen LogP contribution in [0.2, 0.25) is 0 Å². The Kier molecular flexibility index (Phi) is 38.3. The van der Waals surface area contributed by atoms with Crippen LogP contribution in [-0.4, -0.2) is 139 Å². The molecule has 0 aliphatic carbocycles. The Bertz CT molecular complexity index is 2720. The molecule has 18 nitrogen and oxygen atoms in total. The van der Waals surface area contributed by atoms with Gasteiger partial charge < -0.3 is 60.3 Å². The maximum absolute atomic E-state index is 13.2. The van der Waals surface area contributed by atoms with E-state index in [2.05, 4.69) is 219 Å². The van der Waals surface area contributed by atoms with Crippen molar-refractivity contribution in [1.29, 1.82) is 0 Å². The Balaban J connectivity index is 0.000000349. The van der Waals surface area contributed by atoms with Crippen LogP contribution in [0.4, 0.5) is 0 Å². The van der Waals surface area contributed by atoms with Crippen LogP contribution in [-0.2, 0) is 57.2 Å². The van der Waals surface area contributed by atoms with Gasteiger partial charge in [-0.25, -0.2) is 0 Å². The first-order valence-electron chi connectivity index (χ1n) is 44.3. The zero-order valence-electron chi connectivity index (χ0n) is 76.1. The molecule has 6 heterocycles. The highest BCUT2D eigenvalue weighted by atomic mass is 16.6. The van der Waals surface area contributed by atoms with Gasteiger partial charge in [0.05, 0.1) is 17.8 Å². The topological polar surface area (TPSA) is 230 Å². The van der Waals surface area contributed by atoms with Crippen molar-refractivity contribution in [2.24, 2.45) is 23.7 Å². The quantitative estimate of drug-likeness (QED) is 0.0193. The van der Waals surface area contributed by atoms with Gasteiger partial charge in [0, 0.05) is 163 Å². The van der Waals surface area contributed by atoms with E-state index in [1.165, 1.54) is 0 Å². The molecule has 0 aromatic heterocycles. The van der Waals surface area contributed by atoms with Crippen LogP contribution in [0.25, 0.3) is 0 Å². The number of carbonyl (C=O) groups excluding carboxylic acids is 6. The zero-order valence-corrected chi connectivity index (χ0v) is 76.1. The van der Waals surface area contributed by atoms with Gasteiger partial charge in [-0.3, -0.25) is 28.8 Å². The van der Waals surface area contributed by atoms with Gasteiger partial charge in [-0.05, 0) is 223 Å². The number of piperidine rings is 6. The molecule has 0 aromatic carbocycles. The molecule has 642 valence electrons. The summed E-state index contributed by atoms with van der Waals surface area (Å²) in [5, 5.41) is 21.9. The van der Waals surface area contributed by atoms with E-state index in [1.807, 2.05) is 6.92 Å². The predicted octanol–water partition coefficient (Wildman–Crippen LogP) is 20.0. The number of hydrogen-bond donors (Lipinski definition) is 6. The third-order valence-corrected chi connectivity index (χ3v) is 23.0. The van der Waals surface area contributed by atoms with Gasteiger partial charge in [-0.1, -0.05) is 111 Å². The third-order valence-electron chi connectivity index (χ3n) is 23.0. The van der Waals surface area contributed by atoms with Crippen molar-refractivity contribution < 1.29 is 57.2 Å². The monoisotopic (exact) mass is 1550 g/mol. The highest BCUT2D eigenvalue weighted by molar-refractivity contribution is 5.74. The highest BCUT2D eigenvalue weighted by Crippen LogP contribution is 2.38. The first-order valence-corrected chi connectivity index (χ1v) is 44.3. The Hall–Kier alpha value is -3.42. The molecule has 3 atom stereocenters. The van der Waals surface area contributed by atoms with E-state index in [-0.39, 0.29) is 157 Å². The number of unbranched alkanes of at least 4 members (excludes halogenated alkanes) is 12. The molecule has 6 fully saturated rings. The summed E-state index contributed by atoms with van der Waals surface area (Å²) in [4.78, 5) is 76.0. The van der Waals surface area contributed by atoms with E-state index >= 15 is 0 Å². The molecule has 0 saturated carbocycles. The second-order valence-corrected chi connectivity index (χ2v) is 44.0. The Labute approximate surface area is 673 Å². The van der Waals surface area contributed by atoms with Gasteiger partial charge >= 0.3 is 35.8 Å². The molecule has 3 unspecified atom stereocenters. The molecule has 0 radical (unpaired) electrons. The summed E-state index contributed by atoms with van der Waals surface area (Å²) in [7, 11) is 0. The predicted molar refractivity (Wildman–Crippen MR) is 450 cm³/mol. The fraction of sp³-hybridized carbons (Fsp3) is 0.935. The minimum absolute atomic E-state index is 0.000396. The van der Waals surface area contributed by atoms with E-state index < -0.39 is 0 Å². The van der Waals surface area contributed by atoms with E-state index in [9.17, 15) is 28.8 Å². The van der Waals surface area contributed by atoms with Crippen LogP contribution in [0.5, 0.6) is 0 Å². The van der Waals surface area contributed by atoms with E-state index in [1.54, 1.807) is 0 Å². The summed E-state index contributed by atoms with van der Waals surface area (Å²) < 4.78 is 35.5. The largest absolute Gasteiger partial charge is 0.462 e. The van der Waals surface area contributed by atoms with Crippen molar-refractivity contribution in [3.8, 4) is 0 Å². The molecule has 0 aromatic rings. The lowest BCUT2D eigenvalue weighted by molar-refractivity contribution is -0.160. The SMILES string of the molecule is CC(C)CC(CCCCCCCC(=O)OC1CC(C)(C)NC(C)(C)C1)C(=O)OC1CC(C)(C)NC(C)(C)C1.CC(CCCCCCCC(=O)OC1CC(C)(C)NC(C)(C)C1)C(=O)OC1CC(C)(C)NC(C)(C)C1.CCCC(CCCCCCCC(=O)OC1CC(C)(C)NC(C)(C)C1)C(=O)OC1CC(C)(C)NC(C)(C)C1. The standard InChI is InChI=1S/C32H60N2O4.C31H58N2O4.C29H54N2O4/c1-23(2)18-24(28(36)38-26-21-31(7,8)34-32(9,10)22-26)16-14-12-11-13-15-17-27(35)37-25-19-29(3,4)33-30(5,6)20-25;1-10-16-23(27(35)37-25-21-30(6,7)33-31(8,9)22-25)17-14-12-11-13-15-18-26(34)36-24-19-28(2,3)32-29(4,5)20-24;1-21(25(33)35-23-19-28(6,7)31-29(8,9)20-23)15-13-11-10-12-14-16-24(32)34-22-17-26(2,3)30-27(4,5)18-22/h23-26,33-34H,11-22H2,1-10H3;23-25,32-33H,10-22H2,1-9H3;21-23,30-31H,10-20H2,1-9H3. The second kappa shape index (κ2) is 42.6. The van der Waals surface area contributed by atoms with Crippen molar-refractivity contribution in [2.45, 2.75) is 528 Å². The van der Waals surface area contributed by atoms with E-state index in [0.717, 1.165) is 212 Å². The van der Waals surface area contributed by atoms with Crippen LogP contribution in [0.1, 0.15) is 425 Å². The summed E-state index contributed by atoms with van der Waals surface area (Å²) in [5.74, 6) is 0.113. The normalized spacial score (nSPS) is 24.0. The molecule has 6 rings (SSSR count). The molecule has 18 heteroatoms. The lowest BCUT2D eigenvalue weighted by Gasteiger charge is -2.46. The first kappa shape index (κ1) is 98.9. The molecular formula is C92H172N6O12. The number of hydrogen-bond acceptors (Lipinski definition) is 18. The van der Waals surface area contributed by atoms with Gasteiger partial charge in [-0.2, -0.15) is 0 Å². The molecule has 0 bridgehead atoms. The van der Waals surface area contributed by atoms with E-state index in [0.29, 0.717) is 25.2 Å². The van der Waals surface area contributed by atoms with Crippen molar-refractivity contribution in [2.75, 3.05) is 0 Å². The number of carbonyl (C=O) groups is 6. The molecule has 0 amide bonds. The molecule has 0 spiro atoms. The second-order valence-electron chi connectivity index (χ2n) is 44.0. The van der Waals surface area contributed by atoms with Gasteiger partial charge in [0.1, 0.15) is 36.6 Å². The van der Waals surface area contributed by atoms with Crippen LogP contribution >= 0.6 is 0 Å². The molecule has 6 saturated heterocycles. The van der Waals surface area contributed by atoms with Gasteiger partial charge in [0.2, 0.25) is 0 Å². The van der Waals surface area contributed by atoms with Crippen molar-refractivity contribution in [3.63, 3.8) is 0 Å². The van der Waals surface area contributed by atoms with Crippen molar-refractivity contribution in [1.82, 2.24) is 31.9 Å². The van der Waals surface area contributed by atoms with Crippen LogP contribution in [0, 0.1) is 23.7 Å². The summed E-state index contributed by atoms with van der Waals surface area (Å²) in [6.45, 7) is 60.8. The van der Waals surface area contributed by atoms with E-state index in [4.69, 9.17) is 28.4 Å². The third kappa shape index (κ3) is 40.9. The molecule has 110 heavy (non-hydrogen) atoms. The summed E-state index contributed by atoms with van der Waals surface area (Å²) >= 11 is 0. The Morgan fingerprint density at radius 2 is 0.464 bits per heavy atom. The average Bonchev–Trinajstić information content (AvgIpc) is 0.841. The van der Waals surface area contributed by atoms with Gasteiger partial charge in [0.15, 0.2) is 0 Å². The smallest absolute Gasteiger partial charge is 0.309 e. The molecular weight excluding hydrogens is 1380 g/mol. The number of esters is 6. The lowest BCUT2D eigenvalue weighted by atomic mass is 9.81. The Morgan fingerprint density at radius 1 is 0.264 bits per heavy atom. The maximum atomic E-state index is 13.2. The van der Waals surface area contributed by atoms with Crippen LogP contribution < -0.4 is 31.9 Å². The number of ether oxygens (including phenoxy) is 6. The summed E-state index contributed by atoms with van der Waals surface area (Å²) in [5.41, 5.74) is -0.284. The summed E-state index contributed by atoms with van der Waals surface area (Å²) in [6.07, 6.45) is 32.4. The van der Waals surface area contributed by atoms with Crippen LogP contribution in [0.15, 0.2) is 0 Å². The highest BCUT2D eigenvalue weighted by Gasteiger charge is 2.46. The average molecular weight is 1550 g/mol. The zero-order chi connectivity index (χ0) is 83.2. The fourth-order valence-corrected chi connectivity index (χ4v) is 20.8. The molecule has 6 aliphatic heterocycles. The minimum Gasteiger partial charge on any atom is -0.462 e. The van der Waals surface area contributed by atoms with Gasteiger partial charge in [0.25, 0.3) is 0 Å². The molecule has 6 aliphatic rings. The maximum Gasteiger partial charge on any atom is 0.309 e. The van der Waals surface area contributed by atoms with Crippen molar-refractivity contribution >= 4 is 35.8 Å². The summed E-state index contributed by atoms with van der Waals surface area (Å²) in [6, 6.07) is 0. The molecule has 6 N–H and O–H groups in total. The Morgan fingerprint density at radius 3 is 0.709 bits per heavy atom. The first-order chi connectivity index (χ1) is 50.4. The minimum atomic E-state index is -0.0656. The number of rotatable bonds is 37. The fourth-order valence-electron chi connectivity index (χ4n) is 20.8. The van der Waals surface area contributed by atoms with Gasteiger partial charge in [-0.15, -0.1) is 0 Å². The lowest BCUT2D eigenvalue weighted by Crippen LogP contribution is -2.59. The number of nitrogens with one attached hydrogen (secondary N) is 6.